The average molecular weight is 406 g/mol. The van der Waals surface area contributed by atoms with Crippen molar-refractivity contribution in [1.29, 1.82) is 0 Å². The van der Waals surface area contributed by atoms with Crippen molar-refractivity contribution in [3.63, 3.8) is 0 Å². The van der Waals surface area contributed by atoms with Crippen LogP contribution in [0.5, 0.6) is 0 Å². The molecule has 0 fully saturated rings. The molecule has 0 bridgehead atoms. The summed E-state index contributed by atoms with van der Waals surface area (Å²) in [5.41, 5.74) is 0.0407. The first-order valence-electron chi connectivity index (χ1n) is 9.58. The summed E-state index contributed by atoms with van der Waals surface area (Å²) in [4.78, 5) is 8.12. The zero-order chi connectivity index (χ0) is 22.5. The van der Waals surface area contributed by atoms with E-state index in [2.05, 4.69) is 56.3 Å². The van der Waals surface area contributed by atoms with Gasteiger partial charge in [0, 0.05) is 23.2 Å². The zero-order valence-corrected chi connectivity index (χ0v) is 19.6. The van der Waals surface area contributed by atoms with E-state index in [4.69, 9.17) is 8.94 Å². The predicted octanol–water partition coefficient (Wildman–Crippen LogP) is 4.45. The first-order valence-corrected chi connectivity index (χ1v) is 9.58. The van der Waals surface area contributed by atoms with Gasteiger partial charge in [0.25, 0.3) is 0 Å². The number of rotatable bonds is 0. The van der Waals surface area contributed by atoms with Crippen molar-refractivity contribution in [3.05, 3.63) is 35.6 Å². The Bertz CT molecular complexity index is 794. The molecule has 0 radical (unpaired) electrons. The van der Waals surface area contributed by atoms with Gasteiger partial charge < -0.3 is 8.94 Å². The Morgan fingerprint density at radius 3 is 1.59 bits per heavy atom. The van der Waals surface area contributed by atoms with Crippen LogP contribution in [0.1, 0.15) is 91.6 Å². The summed E-state index contributed by atoms with van der Waals surface area (Å²) in [5.74, 6) is 3.66. The van der Waals surface area contributed by atoms with Crippen LogP contribution in [0, 0.1) is 13.8 Å². The molecular weight excluding hydrogens is 370 g/mol. The maximum atomic E-state index is 5.23. The number of hydrogen-bond acceptors (Lipinski definition) is 8. The van der Waals surface area contributed by atoms with Gasteiger partial charge in [-0.15, -0.1) is 10.2 Å². The molecule has 29 heavy (non-hydrogen) atoms. The molecular formula is C20H35N7O2. The van der Waals surface area contributed by atoms with Gasteiger partial charge in [0.05, 0.1) is 0 Å². The molecule has 3 aromatic heterocycles. The summed E-state index contributed by atoms with van der Waals surface area (Å²) in [6.07, 6.45) is 1.53. The fraction of sp³-hybridized carbons (Fsp3) is 0.700. The minimum Gasteiger partial charge on any atom is -0.425 e. The highest BCUT2D eigenvalue weighted by molar-refractivity contribution is 4.98. The van der Waals surface area contributed by atoms with Gasteiger partial charge in [-0.2, -0.15) is 10.1 Å². The Hall–Kier alpha value is -2.58. The molecule has 3 rings (SSSR count). The highest BCUT2D eigenvalue weighted by Crippen LogP contribution is 2.20. The molecule has 0 amide bonds. The third-order valence-electron chi connectivity index (χ3n) is 3.46. The maximum absolute atomic E-state index is 5.23. The van der Waals surface area contributed by atoms with E-state index < -0.39 is 0 Å². The molecule has 0 atom stereocenters. The number of aryl methyl sites for hydroxylation is 2. The lowest BCUT2D eigenvalue weighted by molar-refractivity contribution is 0.319. The third kappa shape index (κ3) is 8.53. The molecule has 162 valence electrons. The first kappa shape index (κ1) is 24.5. The Morgan fingerprint density at radius 1 is 0.793 bits per heavy atom. The van der Waals surface area contributed by atoms with Gasteiger partial charge in [0.2, 0.25) is 17.7 Å². The molecule has 9 heteroatoms. The molecule has 1 N–H and O–H groups in total. The minimum absolute atomic E-state index is 0.0265. The minimum atomic E-state index is -0.0265. The highest BCUT2D eigenvalue weighted by atomic mass is 16.5. The quantitative estimate of drug-likeness (QED) is 0.582. The van der Waals surface area contributed by atoms with Crippen LogP contribution < -0.4 is 0 Å². The molecule has 0 unspecified atom stereocenters. The average Bonchev–Trinajstić information content (AvgIpc) is 3.26. The zero-order valence-electron chi connectivity index (χ0n) is 19.6. The van der Waals surface area contributed by atoms with E-state index in [1.54, 1.807) is 6.92 Å². The summed E-state index contributed by atoms with van der Waals surface area (Å²) in [5, 5.41) is 17.9. The van der Waals surface area contributed by atoms with E-state index >= 15 is 0 Å². The SMILES string of the molecule is CC(C)(C)c1ncn[nH]1.Cc1nnc(C(C)(C)C)o1.Cc1noc(C(C)(C)C)n1. The normalized spacial score (nSPS) is 12.0. The van der Waals surface area contributed by atoms with Gasteiger partial charge in [0.15, 0.2) is 5.82 Å². The largest absolute Gasteiger partial charge is 0.425 e. The smallest absolute Gasteiger partial charge is 0.232 e. The monoisotopic (exact) mass is 405 g/mol. The van der Waals surface area contributed by atoms with Gasteiger partial charge in [-0.05, 0) is 6.92 Å². The summed E-state index contributed by atoms with van der Waals surface area (Å²) >= 11 is 0. The van der Waals surface area contributed by atoms with Gasteiger partial charge in [0.1, 0.15) is 12.2 Å². The topological polar surface area (TPSA) is 119 Å². The van der Waals surface area contributed by atoms with Crippen molar-refractivity contribution in [1.82, 2.24) is 35.5 Å². The van der Waals surface area contributed by atoms with Crippen LogP contribution in [0.25, 0.3) is 0 Å². The first-order chi connectivity index (χ1) is 13.1. The molecule has 0 spiro atoms. The Morgan fingerprint density at radius 2 is 1.38 bits per heavy atom. The van der Waals surface area contributed by atoms with Crippen molar-refractivity contribution >= 4 is 0 Å². The molecule has 0 saturated heterocycles. The summed E-state index contributed by atoms with van der Waals surface area (Å²) in [7, 11) is 0. The Balaban J connectivity index is 0.000000218. The number of hydrogen-bond donors (Lipinski definition) is 1. The molecule has 0 saturated carbocycles. The van der Waals surface area contributed by atoms with Gasteiger partial charge in [-0.25, -0.2) is 4.98 Å². The van der Waals surface area contributed by atoms with Crippen molar-refractivity contribution in [2.24, 2.45) is 0 Å². The van der Waals surface area contributed by atoms with Crippen molar-refractivity contribution in [3.8, 4) is 0 Å². The number of nitrogens with one attached hydrogen (secondary N) is 1. The van der Waals surface area contributed by atoms with Crippen LogP contribution in [0.2, 0.25) is 0 Å². The number of nitrogens with zero attached hydrogens (tertiary/aromatic N) is 6. The van der Waals surface area contributed by atoms with Crippen molar-refractivity contribution < 1.29 is 8.94 Å². The lowest BCUT2D eigenvalue weighted by Gasteiger charge is -2.12. The van der Waals surface area contributed by atoms with Crippen molar-refractivity contribution in [2.45, 2.75) is 92.4 Å². The predicted molar refractivity (Wildman–Crippen MR) is 111 cm³/mol. The second-order valence-electron chi connectivity index (χ2n) is 9.86. The van der Waals surface area contributed by atoms with Crippen LogP contribution in [0.15, 0.2) is 15.3 Å². The second kappa shape index (κ2) is 9.28. The van der Waals surface area contributed by atoms with E-state index in [0.717, 1.165) is 5.82 Å². The molecule has 0 aliphatic carbocycles. The number of aromatic nitrogens is 7. The molecule has 0 aromatic carbocycles. The summed E-state index contributed by atoms with van der Waals surface area (Å²) in [6.45, 7) is 22.1. The van der Waals surface area contributed by atoms with Gasteiger partial charge >= 0.3 is 0 Å². The van der Waals surface area contributed by atoms with Gasteiger partial charge in [-0.1, -0.05) is 67.5 Å². The molecule has 9 nitrogen and oxygen atoms in total. The molecule has 3 heterocycles. The second-order valence-corrected chi connectivity index (χ2v) is 9.86. The third-order valence-corrected chi connectivity index (χ3v) is 3.46. The number of H-pyrrole nitrogens is 1. The highest BCUT2D eigenvalue weighted by Gasteiger charge is 2.21. The van der Waals surface area contributed by atoms with Crippen molar-refractivity contribution in [2.75, 3.05) is 0 Å². The van der Waals surface area contributed by atoms with E-state index in [0.29, 0.717) is 23.5 Å². The van der Waals surface area contributed by atoms with Crippen LogP contribution in [0.3, 0.4) is 0 Å². The maximum Gasteiger partial charge on any atom is 0.232 e. The van der Waals surface area contributed by atoms with Crippen LogP contribution in [-0.2, 0) is 16.2 Å². The molecule has 0 aliphatic rings. The van der Waals surface area contributed by atoms with E-state index in [-0.39, 0.29) is 16.2 Å². The standard InChI is InChI=1S/2C7H12N2O.C6H11N3/c1-5-8-9-6(10-5)7(2,3)4;1-5-8-6(10-9-5)7(2,3)4;1-6(2,3)5-7-4-8-9-5/h2*1-4H3;4H,1-3H3,(H,7,8,9). The van der Waals surface area contributed by atoms with E-state index in [1.165, 1.54) is 6.33 Å². The molecule has 0 aliphatic heterocycles. The van der Waals surface area contributed by atoms with E-state index in [9.17, 15) is 0 Å². The van der Waals surface area contributed by atoms with Crippen LogP contribution >= 0.6 is 0 Å². The summed E-state index contributed by atoms with van der Waals surface area (Å²) < 4.78 is 10.2. The molecule has 3 aromatic rings. The number of aromatic amines is 1. The van der Waals surface area contributed by atoms with Crippen LogP contribution in [-0.4, -0.2) is 35.5 Å². The van der Waals surface area contributed by atoms with Crippen LogP contribution in [0.4, 0.5) is 0 Å². The lowest BCUT2D eigenvalue weighted by Crippen LogP contribution is -2.13. The fourth-order valence-corrected chi connectivity index (χ4v) is 1.77. The summed E-state index contributed by atoms with van der Waals surface area (Å²) in [6, 6.07) is 0. The van der Waals surface area contributed by atoms with E-state index in [1.807, 2.05) is 48.5 Å². The Kier molecular flexibility index (Phi) is 7.83. The lowest BCUT2D eigenvalue weighted by atomic mass is 9.96. The fourth-order valence-electron chi connectivity index (χ4n) is 1.77. The van der Waals surface area contributed by atoms with Gasteiger partial charge in [-0.3, -0.25) is 5.10 Å². The Labute approximate surface area is 173 Å².